The first kappa shape index (κ1) is 10.6. The van der Waals surface area contributed by atoms with Crippen molar-refractivity contribution in [3.05, 3.63) is 17.5 Å². The quantitative estimate of drug-likeness (QED) is 0.808. The van der Waals surface area contributed by atoms with Gasteiger partial charge in [0, 0.05) is 25.2 Å². The molecule has 1 aromatic rings. The summed E-state index contributed by atoms with van der Waals surface area (Å²) in [5.74, 6) is 0.886. The van der Waals surface area contributed by atoms with E-state index in [2.05, 4.69) is 22.4 Å². The fourth-order valence-electron chi connectivity index (χ4n) is 2.12. The maximum atomic E-state index is 5.04. The van der Waals surface area contributed by atoms with E-state index in [9.17, 15) is 0 Å². The molecule has 1 atom stereocenters. The molecular formula is C11H19N3O. The predicted molar refractivity (Wildman–Crippen MR) is 58.6 cm³/mol. The van der Waals surface area contributed by atoms with Crippen LogP contribution in [0, 0.1) is 6.92 Å². The van der Waals surface area contributed by atoms with Crippen LogP contribution in [0.1, 0.15) is 24.3 Å². The van der Waals surface area contributed by atoms with Crippen LogP contribution in [0.4, 0.5) is 0 Å². The van der Waals surface area contributed by atoms with E-state index in [1.54, 1.807) is 0 Å². The Balaban J connectivity index is 1.78. The number of hydrogen-bond acceptors (Lipinski definition) is 4. The highest BCUT2D eigenvalue weighted by Gasteiger charge is 2.16. The number of hydrogen-bond donors (Lipinski definition) is 1. The third kappa shape index (κ3) is 3.04. The van der Waals surface area contributed by atoms with Crippen molar-refractivity contribution in [1.29, 1.82) is 0 Å². The highest BCUT2D eigenvalue weighted by molar-refractivity contribution is 5.03. The molecule has 4 nitrogen and oxygen atoms in total. The molecule has 1 saturated heterocycles. The third-order valence-corrected chi connectivity index (χ3v) is 2.80. The van der Waals surface area contributed by atoms with Crippen LogP contribution in [0.2, 0.25) is 0 Å². The van der Waals surface area contributed by atoms with Gasteiger partial charge in [-0.05, 0) is 33.4 Å². The molecule has 84 valence electrons. The van der Waals surface area contributed by atoms with Crippen LogP contribution in [-0.4, -0.2) is 36.2 Å². The summed E-state index contributed by atoms with van der Waals surface area (Å²) >= 11 is 0. The number of aryl methyl sites for hydroxylation is 1. The van der Waals surface area contributed by atoms with Crippen molar-refractivity contribution >= 4 is 0 Å². The normalized spacial score (nSPS) is 21.4. The Labute approximate surface area is 90.6 Å². The fraction of sp³-hybridized carbons (Fsp3) is 0.727. The minimum atomic E-state index is 0.656. The predicted octanol–water partition coefficient (Wildman–Crippen LogP) is 1.17. The highest BCUT2D eigenvalue weighted by atomic mass is 16.5. The van der Waals surface area contributed by atoms with E-state index >= 15 is 0 Å². The van der Waals surface area contributed by atoms with E-state index < -0.39 is 0 Å². The van der Waals surface area contributed by atoms with Gasteiger partial charge in [0.2, 0.25) is 0 Å². The number of rotatable bonds is 4. The molecule has 15 heavy (non-hydrogen) atoms. The van der Waals surface area contributed by atoms with E-state index in [1.807, 2.05) is 13.0 Å². The topological polar surface area (TPSA) is 41.3 Å². The summed E-state index contributed by atoms with van der Waals surface area (Å²) in [5.41, 5.74) is 1.02. The van der Waals surface area contributed by atoms with Gasteiger partial charge in [0.25, 0.3) is 0 Å². The largest absolute Gasteiger partial charge is 0.361 e. The van der Waals surface area contributed by atoms with E-state index in [1.165, 1.54) is 19.4 Å². The number of aromatic nitrogens is 1. The van der Waals surface area contributed by atoms with Gasteiger partial charge in [-0.15, -0.1) is 0 Å². The molecule has 4 heteroatoms. The fourth-order valence-corrected chi connectivity index (χ4v) is 2.12. The van der Waals surface area contributed by atoms with Crippen molar-refractivity contribution in [1.82, 2.24) is 15.4 Å². The first-order valence-corrected chi connectivity index (χ1v) is 5.58. The second kappa shape index (κ2) is 4.77. The molecule has 0 spiro atoms. The van der Waals surface area contributed by atoms with Gasteiger partial charge in [-0.3, -0.25) is 4.90 Å². The lowest BCUT2D eigenvalue weighted by Crippen LogP contribution is -2.34. The maximum absolute atomic E-state index is 5.04. The van der Waals surface area contributed by atoms with Gasteiger partial charge in [-0.1, -0.05) is 5.16 Å². The minimum absolute atomic E-state index is 0.656. The smallest absolute Gasteiger partial charge is 0.133 e. The summed E-state index contributed by atoms with van der Waals surface area (Å²) in [6.07, 6.45) is 2.60. The lowest BCUT2D eigenvalue weighted by atomic mass is 10.2. The SMILES string of the molecule is Cc1cc(CN(C)CC2CCCN2)no1. The zero-order valence-corrected chi connectivity index (χ0v) is 9.49. The monoisotopic (exact) mass is 209 g/mol. The molecule has 0 radical (unpaired) electrons. The molecule has 1 unspecified atom stereocenters. The Morgan fingerprint density at radius 2 is 2.53 bits per heavy atom. The summed E-state index contributed by atoms with van der Waals surface area (Å²) in [6.45, 7) is 5.05. The van der Waals surface area contributed by atoms with Crippen LogP contribution in [0.5, 0.6) is 0 Å². The van der Waals surface area contributed by atoms with Crippen molar-refractivity contribution in [2.45, 2.75) is 32.4 Å². The van der Waals surface area contributed by atoms with E-state index in [-0.39, 0.29) is 0 Å². The molecule has 1 aliphatic heterocycles. The van der Waals surface area contributed by atoms with E-state index in [4.69, 9.17) is 4.52 Å². The van der Waals surface area contributed by atoms with Crippen molar-refractivity contribution in [2.75, 3.05) is 20.1 Å². The van der Waals surface area contributed by atoms with Crippen LogP contribution < -0.4 is 5.32 Å². The molecule has 1 aromatic heterocycles. The highest BCUT2D eigenvalue weighted by Crippen LogP contribution is 2.09. The second-order valence-corrected chi connectivity index (χ2v) is 4.42. The zero-order valence-electron chi connectivity index (χ0n) is 9.49. The summed E-state index contributed by atoms with van der Waals surface area (Å²) in [5, 5.41) is 7.49. The first-order chi connectivity index (χ1) is 7.24. The molecule has 2 rings (SSSR count). The summed E-state index contributed by atoms with van der Waals surface area (Å²) in [6, 6.07) is 2.65. The molecule has 0 bridgehead atoms. The third-order valence-electron chi connectivity index (χ3n) is 2.80. The average Bonchev–Trinajstić information content (AvgIpc) is 2.77. The Hall–Kier alpha value is -0.870. The van der Waals surface area contributed by atoms with Gasteiger partial charge >= 0.3 is 0 Å². The summed E-state index contributed by atoms with van der Waals surface area (Å²) < 4.78 is 5.04. The molecule has 1 fully saturated rings. The van der Waals surface area contributed by atoms with Crippen molar-refractivity contribution in [2.24, 2.45) is 0 Å². The average molecular weight is 209 g/mol. The van der Waals surface area contributed by atoms with E-state index in [0.29, 0.717) is 6.04 Å². The maximum Gasteiger partial charge on any atom is 0.133 e. The Morgan fingerprint density at radius 3 is 3.13 bits per heavy atom. The molecule has 1 aliphatic rings. The second-order valence-electron chi connectivity index (χ2n) is 4.42. The molecule has 0 aromatic carbocycles. The minimum Gasteiger partial charge on any atom is -0.361 e. The Bertz CT molecular complexity index is 305. The standard InChI is InChI=1S/C11H19N3O/c1-9-6-11(13-15-9)8-14(2)7-10-4-3-5-12-10/h6,10,12H,3-5,7-8H2,1-2H3. The van der Waals surface area contributed by atoms with Crippen molar-refractivity contribution in [3.8, 4) is 0 Å². The van der Waals surface area contributed by atoms with Crippen LogP contribution in [0.15, 0.2) is 10.6 Å². The molecule has 0 aliphatic carbocycles. The molecule has 0 saturated carbocycles. The zero-order chi connectivity index (χ0) is 10.7. The number of nitrogens with zero attached hydrogens (tertiary/aromatic N) is 2. The van der Waals surface area contributed by atoms with Gasteiger partial charge in [0.15, 0.2) is 0 Å². The Morgan fingerprint density at radius 1 is 1.67 bits per heavy atom. The lowest BCUT2D eigenvalue weighted by Gasteiger charge is -2.19. The van der Waals surface area contributed by atoms with Gasteiger partial charge < -0.3 is 9.84 Å². The van der Waals surface area contributed by atoms with Gasteiger partial charge in [0.05, 0.1) is 5.69 Å². The van der Waals surface area contributed by atoms with E-state index in [0.717, 1.165) is 24.5 Å². The number of nitrogens with one attached hydrogen (secondary N) is 1. The van der Waals surface area contributed by atoms with Crippen LogP contribution in [-0.2, 0) is 6.54 Å². The number of likely N-dealkylation sites (N-methyl/N-ethyl adjacent to an activating group) is 1. The van der Waals surface area contributed by atoms with Gasteiger partial charge in [0.1, 0.15) is 5.76 Å². The summed E-state index contributed by atoms with van der Waals surface area (Å²) in [4.78, 5) is 2.29. The summed E-state index contributed by atoms with van der Waals surface area (Å²) in [7, 11) is 2.13. The Kier molecular flexibility index (Phi) is 3.38. The molecule has 1 N–H and O–H groups in total. The van der Waals surface area contributed by atoms with Crippen LogP contribution >= 0.6 is 0 Å². The van der Waals surface area contributed by atoms with Gasteiger partial charge in [-0.25, -0.2) is 0 Å². The lowest BCUT2D eigenvalue weighted by molar-refractivity contribution is 0.282. The van der Waals surface area contributed by atoms with Crippen LogP contribution in [0.3, 0.4) is 0 Å². The molecular weight excluding hydrogens is 190 g/mol. The van der Waals surface area contributed by atoms with Gasteiger partial charge in [-0.2, -0.15) is 0 Å². The van der Waals surface area contributed by atoms with Crippen LogP contribution in [0.25, 0.3) is 0 Å². The first-order valence-electron chi connectivity index (χ1n) is 5.58. The molecule has 0 amide bonds. The van der Waals surface area contributed by atoms with Crippen molar-refractivity contribution in [3.63, 3.8) is 0 Å². The van der Waals surface area contributed by atoms with Crippen molar-refractivity contribution < 1.29 is 4.52 Å². The molecule has 2 heterocycles.